The van der Waals surface area contributed by atoms with Crippen LogP contribution in [-0.2, 0) is 14.3 Å². The summed E-state index contributed by atoms with van der Waals surface area (Å²) >= 11 is 0. The molecule has 0 fully saturated rings. The predicted octanol–water partition coefficient (Wildman–Crippen LogP) is 2.47. The summed E-state index contributed by atoms with van der Waals surface area (Å²) in [7, 11) is 0. The van der Waals surface area contributed by atoms with E-state index in [0.717, 1.165) is 18.8 Å². The molecule has 0 saturated carbocycles. The number of carbonyl (C=O) groups excluding carboxylic acids is 3. The lowest BCUT2D eigenvalue weighted by Gasteiger charge is -2.20. The molecule has 0 heterocycles. The van der Waals surface area contributed by atoms with E-state index in [-0.39, 0.29) is 38.3 Å². The summed E-state index contributed by atoms with van der Waals surface area (Å²) in [4.78, 5) is 34.5. The molecule has 1 rings (SSSR count). The number of alkyl carbamates (subject to hydrolysis) is 1. The van der Waals surface area contributed by atoms with Crippen molar-refractivity contribution in [1.82, 2.24) is 16.0 Å². The first-order valence-electron chi connectivity index (χ1n) is 12.2. The monoisotopic (exact) mass is 498 g/mol. The second-order valence-corrected chi connectivity index (χ2v) is 7.73. The Hall–Kier alpha value is -2.85. The van der Waals surface area contributed by atoms with Crippen LogP contribution in [0.5, 0.6) is 5.75 Å². The molecule has 0 saturated heterocycles. The topological polar surface area (TPSA) is 152 Å². The lowest BCUT2D eigenvalue weighted by Crippen LogP contribution is -2.50. The molecule has 0 spiro atoms. The van der Waals surface area contributed by atoms with Crippen LogP contribution in [0.3, 0.4) is 0 Å². The Morgan fingerprint density at radius 3 is 2.23 bits per heavy atom. The number of aliphatic hydroxyl groups is 1. The molecule has 3 amide bonds. The van der Waals surface area contributed by atoms with Gasteiger partial charge in [-0.15, -0.1) is 0 Å². The summed E-state index contributed by atoms with van der Waals surface area (Å²) in [5.41, 5.74) is 6.28. The van der Waals surface area contributed by atoms with Crippen molar-refractivity contribution < 1.29 is 29.0 Å². The van der Waals surface area contributed by atoms with E-state index in [4.69, 9.17) is 15.6 Å². The maximum atomic E-state index is 11.8. The first-order chi connectivity index (χ1) is 16.7. The normalized spacial score (nSPS) is 10.5. The van der Waals surface area contributed by atoms with E-state index < -0.39 is 18.0 Å². The average molecular weight is 499 g/mol. The summed E-state index contributed by atoms with van der Waals surface area (Å²) in [6.07, 6.45) is 1.95. The molecule has 0 radical (unpaired) electrons. The van der Waals surface area contributed by atoms with Crippen LogP contribution in [0.15, 0.2) is 24.3 Å². The zero-order chi connectivity index (χ0) is 27.1. The van der Waals surface area contributed by atoms with Gasteiger partial charge in [-0.1, -0.05) is 58.7 Å². The van der Waals surface area contributed by atoms with Crippen LogP contribution in [0.2, 0.25) is 0 Å². The lowest BCUT2D eigenvalue weighted by atomic mass is 10.0. The zero-order valence-electron chi connectivity index (χ0n) is 22.2. The largest absolute Gasteiger partial charge is 0.494 e. The molecule has 0 aliphatic rings. The molecule has 0 aliphatic carbocycles. The zero-order valence-corrected chi connectivity index (χ0v) is 22.2. The van der Waals surface area contributed by atoms with Crippen LogP contribution in [0.1, 0.15) is 59.4 Å². The first kappa shape index (κ1) is 34.3. The van der Waals surface area contributed by atoms with E-state index >= 15 is 0 Å². The van der Waals surface area contributed by atoms with Crippen LogP contribution < -0.4 is 26.4 Å². The molecule has 1 aromatic carbocycles. The Labute approximate surface area is 210 Å². The number of nitrogens with one attached hydrogen (secondary N) is 3. The Balaban J connectivity index is 0. The summed E-state index contributed by atoms with van der Waals surface area (Å²) in [6.45, 7) is 12.2. The standard InChI is InChI=1S/C12H24N4O5.C11H16O.C2H6/c1-8(2)5-9(11(19)14-3-4-17)16-10(18)6-15-12(20)21-7-13;1-3-4-9-12-11-7-5-10(2)6-8-11;1-2/h8-9,17H,3-7,13H2,1-2H3,(H,14,19)(H,15,20)(H,16,18);5-8H,3-4,9H2,1-2H3;1-2H3. The molecule has 35 heavy (non-hydrogen) atoms. The molecule has 202 valence electrons. The quantitative estimate of drug-likeness (QED) is 0.207. The molecule has 1 atom stereocenters. The number of amides is 3. The average Bonchev–Trinajstić information content (AvgIpc) is 2.84. The molecule has 1 aromatic rings. The number of nitrogens with two attached hydrogens (primary N) is 1. The lowest BCUT2D eigenvalue weighted by molar-refractivity contribution is -0.129. The minimum atomic E-state index is -0.808. The summed E-state index contributed by atoms with van der Waals surface area (Å²) in [5, 5.41) is 15.9. The highest BCUT2D eigenvalue weighted by Gasteiger charge is 2.21. The van der Waals surface area contributed by atoms with Crippen molar-refractivity contribution in [2.24, 2.45) is 11.7 Å². The van der Waals surface area contributed by atoms with Gasteiger partial charge in [0.1, 0.15) is 25.1 Å². The number of benzene rings is 1. The summed E-state index contributed by atoms with van der Waals surface area (Å²) in [5.74, 6) is 0.267. The minimum Gasteiger partial charge on any atom is -0.494 e. The molecule has 0 bridgehead atoms. The van der Waals surface area contributed by atoms with E-state index in [0.29, 0.717) is 6.42 Å². The SMILES string of the molecule is CC.CC(C)CC(NC(=O)CNC(=O)OCN)C(=O)NCCO.CCCCOc1ccc(C)cc1. The molecule has 0 aliphatic heterocycles. The van der Waals surface area contributed by atoms with Gasteiger partial charge in [-0.3, -0.25) is 15.3 Å². The maximum absolute atomic E-state index is 11.8. The fourth-order valence-corrected chi connectivity index (χ4v) is 2.50. The maximum Gasteiger partial charge on any atom is 0.408 e. The van der Waals surface area contributed by atoms with Crippen molar-refractivity contribution in [2.45, 2.75) is 66.8 Å². The number of aryl methyl sites for hydroxylation is 1. The van der Waals surface area contributed by atoms with Crippen molar-refractivity contribution in [2.75, 3.05) is 33.0 Å². The van der Waals surface area contributed by atoms with Gasteiger partial charge in [0.15, 0.2) is 0 Å². The number of ether oxygens (including phenoxy) is 2. The van der Waals surface area contributed by atoms with Gasteiger partial charge in [-0.2, -0.15) is 0 Å². The number of aliphatic hydroxyl groups excluding tert-OH is 1. The first-order valence-corrected chi connectivity index (χ1v) is 12.2. The molecular formula is C25H46N4O6. The highest BCUT2D eigenvalue weighted by molar-refractivity contribution is 5.89. The molecule has 10 nitrogen and oxygen atoms in total. The smallest absolute Gasteiger partial charge is 0.408 e. The fourth-order valence-electron chi connectivity index (χ4n) is 2.50. The van der Waals surface area contributed by atoms with Gasteiger partial charge in [0, 0.05) is 6.54 Å². The number of unbranched alkanes of at least 4 members (excludes halogenated alkanes) is 1. The second-order valence-electron chi connectivity index (χ2n) is 7.73. The highest BCUT2D eigenvalue weighted by atomic mass is 16.6. The number of rotatable bonds is 13. The van der Waals surface area contributed by atoms with Crippen molar-refractivity contribution in [3.63, 3.8) is 0 Å². The van der Waals surface area contributed by atoms with E-state index in [2.05, 4.69) is 46.7 Å². The van der Waals surface area contributed by atoms with Crippen molar-refractivity contribution in [3.05, 3.63) is 29.8 Å². The molecule has 6 N–H and O–H groups in total. The Bertz CT molecular complexity index is 683. The van der Waals surface area contributed by atoms with Gasteiger partial charge in [0.2, 0.25) is 11.8 Å². The fraction of sp³-hybridized carbons (Fsp3) is 0.640. The van der Waals surface area contributed by atoms with Crippen LogP contribution in [-0.4, -0.2) is 62.1 Å². The molecule has 10 heteroatoms. The number of hydrogen-bond acceptors (Lipinski definition) is 7. The van der Waals surface area contributed by atoms with Gasteiger partial charge in [-0.05, 0) is 37.8 Å². The van der Waals surface area contributed by atoms with Gasteiger partial charge < -0.3 is 30.5 Å². The third-order valence-electron chi connectivity index (χ3n) is 4.17. The second kappa shape index (κ2) is 22.9. The molecule has 0 aromatic heterocycles. The van der Waals surface area contributed by atoms with E-state index in [9.17, 15) is 14.4 Å². The Morgan fingerprint density at radius 1 is 1.09 bits per heavy atom. The van der Waals surface area contributed by atoms with Crippen molar-refractivity contribution >= 4 is 17.9 Å². The molecular weight excluding hydrogens is 452 g/mol. The highest BCUT2D eigenvalue weighted by Crippen LogP contribution is 2.11. The van der Waals surface area contributed by atoms with E-state index in [1.54, 1.807) is 0 Å². The van der Waals surface area contributed by atoms with Crippen molar-refractivity contribution in [3.8, 4) is 5.75 Å². The number of carbonyl (C=O) groups is 3. The van der Waals surface area contributed by atoms with Crippen molar-refractivity contribution in [1.29, 1.82) is 0 Å². The summed E-state index contributed by atoms with van der Waals surface area (Å²) < 4.78 is 9.90. The Kier molecular flexibility index (Phi) is 22.5. The predicted molar refractivity (Wildman–Crippen MR) is 138 cm³/mol. The van der Waals surface area contributed by atoms with Crippen LogP contribution >= 0.6 is 0 Å². The van der Waals surface area contributed by atoms with Gasteiger partial charge in [-0.25, -0.2) is 4.79 Å². The Morgan fingerprint density at radius 2 is 1.71 bits per heavy atom. The third-order valence-corrected chi connectivity index (χ3v) is 4.17. The van der Waals surface area contributed by atoms with E-state index in [1.165, 1.54) is 12.0 Å². The summed E-state index contributed by atoms with van der Waals surface area (Å²) in [6, 6.07) is 7.45. The number of hydrogen-bond donors (Lipinski definition) is 5. The van der Waals surface area contributed by atoms with Crippen LogP contribution in [0, 0.1) is 12.8 Å². The van der Waals surface area contributed by atoms with Gasteiger partial charge in [0.25, 0.3) is 0 Å². The van der Waals surface area contributed by atoms with Crippen LogP contribution in [0.25, 0.3) is 0 Å². The minimum absolute atomic E-state index is 0.115. The van der Waals surface area contributed by atoms with Gasteiger partial charge in [0.05, 0.1) is 13.2 Å². The van der Waals surface area contributed by atoms with Crippen LogP contribution in [0.4, 0.5) is 4.79 Å². The van der Waals surface area contributed by atoms with Gasteiger partial charge >= 0.3 is 6.09 Å². The third kappa shape index (κ3) is 20.3. The van der Waals surface area contributed by atoms with E-state index in [1.807, 2.05) is 39.8 Å². The molecule has 1 unspecified atom stereocenters.